The molecule has 1 atom stereocenters. The molecule has 0 saturated carbocycles. The van der Waals surface area contributed by atoms with Crippen molar-refractivity contribution >= 4 is 27.3 Å². The van der Waals surface area contributed by atoms with Gasteiger partial charge in [0, 0.05) is 26.8 Å². The first-order valence-electron chi connectivity index (χ1n) is 5.83. The Bertz CT molecular complexity index is 547. The van der Waals surface area contributed by atoms with E-state index in [1.165, 1.54) is 16.0 Å². The second-order valence-corrected chi connectivity index (χ2v) is 6.61. The number of benzene rings is 1. The second-order valence-electron chi connectivity index (χ2n) is 4.56. The molecule has 1 N–H and O–H groups in total. The number of rotatable bonds is 1. The topological polar surface area (TPSA) is 12.0 Å². The number of nitrogens with one attached hydrogen (secondary N) is 1. The highest BCUT2D eigenvalue weighted by Gasteiger charge is 2.17. The highest BCUT2D eigenvalue weighted by Crippen LogP contribution is 2.34. The summed E-state index contributed by atoms with van der Waals surface area (Å²) in [5, 5.41) is 3.51. The Morgan fingerprint density at radius 3 is 3.06 bits per heavy atom. The number of hydrogen-bond donors (Lipinski definition) is 1. The van der Waals surface area contributed by atoms with Crippen LogP contribution in [0.1, 0.15) is 17.4 Å². The van der Waals surface area contributed by atoms with Crippen LogP contribution in [-0.2, 0) is 13.0 Å². The molecule has 0 aliphatic carbocycles. The second kappa shape index (κ2) is 4.56. The fourth-order valence-electron chi connectivity index (χ4n) is 2.21. The van der Waals surface area contributed by atoms with E-state index in [1.807, 2.05) is 11.3 Å². The van der Waals surface area contributed by atoms with Crippen molar-refractivity contribution in [2.75, 3.05) is 0 Å². The zero-order chi connectivity index (χ0) is 11.8. The molecule has 2 heterocycles. The summed E-state index contributed by atoms with van der Waals surface area (Å²) in [6, 6.07) is 11.5. The van der Waals surface area contributed by atoms with Gasteiger partial charge in [-0.15, -0.1) is 11.3 Å². The third kappa shape index (κ3) is 2.32. The van der Waals surface area contributed by atoms with Gasteiger partial charge < -0.3 is 5.32 Å². The quantitative estimate of drug-likeness (QED) is 0.832. The maximum atomic E-state index is 3.53. The Labute approximate surface area is 114 Å². The number of fused-ring (bicyclic) bond motifs is 1. The molecule has 3 heteroatoms. The molecular weight excluding hydrogens is 294 g/mol. The van der Waals surface area contributed by atoms with Crippen molar-refractivity contribution in [3.63, 3.8) is 0 Å². The molecular formula is C14H14BrNS. The standard InChI is InChI=1S/C14H14BrNS/c1-9-5-13-11(8-16-9)7-14(17-13)10-3-2-4-12(15)6-10/h2-4,6-7,9,16H,5,8H2,1H3. The van der Waals surface area contributed by atoms with Crippen LogP contribution in [0.15, 0.2) is 34.8 Å². The normalized spacial score (nSPS) is 19.1. The summed E-state index contributed by atoms with van der Waals surface area (Å²) >= 11 is 5.47. The number of thiophene rings is 1. The van der Waals surface area contributed by atoms with Crippen LogP contribution < -0.4 is 5.32 Å². The lowest BCUT2D eigenvalue weighted by atomic mass is 10.1. The van der Waals surface area contributed by atoms with Gasteiger partial charge in [0.25, 0.3) is 0 Å². The minimum absolute atomic E-state index is 0.608. The molecule has 88 valence electrons. The predicted octanol–water partition coefficient (Wildman–Crippen LogP) is 4.21. The van der Waals surface area contributed by atoms with Crippen molar-refractivity contribution < 1.29 is 0 Å². The van der Waals surface area contributed by atoms with Gasteiger partial charge in [-0.25, -0.2) is 0 Å². The van der Waals surface area contributed by atoms with Gasteiger partial charge in [-0.3, -0.25) is 0 Å². The smallest absolute Gasteiger partial charge is 0.0349 e. The van der Waals surface area contributed by atoms with Crippen molar-refractivity contribution in [2.24, 2.45) is 0 Å². The predicted molar refractivity (Wildman–Crippen MR) is 77.5 cm³/mol. The molecule has 1 unspecified atom stereocenters. The molecule has 3 rings (SSSR count). The van der Waals surface area contributed by atoms with E-state index in [1.54, 1.807) is 4.88 Å². The minimum Gasteiger partial charge on any atom is -0.310 e. The molecule has 1 aliphatic heterocycles. The van der Waals surface area contributed by atoms with Crippen molar-refractivity contribution in [1.82, 2.24) is 5.32 Å². The zero-order valence-corrected chi connectivity index (χ0v) is 12.1. The van der Waals surface area contributed by atoms with Crippen LogP contribution in [0.2, 0.25) is 0 Å². The Balaban J connectivity index is 2.00. The summed E-state index contributed by atoms with van der Waals surface area (Å²) in [5.41, 5.74) is 2.79. The lowest BCUT2D eigenvalue weighted by Crippen LogP contribution is -2.31. The molecule has 0 radical (unpaired) electrons. The summed E-state index contributed by atoms with van der Waals surface area (Å²) < 4.78 is 1.15. The number of halogens is 1. The van der Waals surface area contributed by atoms with Gasteiger partial charge >= 0.3 is 0 Å². The SMILES string of the molecule is CC1Cc2sc(-c3cccc(Br)c3)cc2CN1. The monoisotopic (exact) mass is 307 g/mol. The minimum atomic E-state index is 0.608. The van der Waals surface area contributed by atoms with Gasteiger partial charge in [-0.05, 0) is 42.7 Å². The van der Waals surface area contributed by atoms with E-state index in [4.69, 9.17) is 0 Å². The molecule has 1 aromatic carbocycles. The van der Waals surface area contributed by atoms with E-state index in [-0.39, 0.29) is 0 Å². The van der Waals surface area contributed by atoms with Crippen LogP contribution in [0.3, 0.4) is 0 Å². The van der Waals surface area contributed by atoms with Crippen molar-refractivity contribution in [2.45, 2.75) is 25.9 Å². The molecule has 1 aromatic heterocycles. The third-order valence-electron chi connectivity index (χ3n) is 3.14. The van der Waals surface area contributed by atoms with Crippen molar-refractivity contribution in [3.05, 3.63) is 45.2 Å². The highest BCUT2D eigenvalue weighted by molar-refractivity contribution is 9.10. The van der Waals surface area contributed by atoms with E-state index in [0.29, 0.717) is 6.04 Å². The van der Waals surface area contributed by atoms with E-state index >= 15 is 0 Å². The van der Waals surface area contributed by atoms with Crippen LogP contribution >= 0.6 is 27.3 Å². The van der Waals surface area contributed by atoms with Crippen LogP contribution in [0.25, 0.3) is 10.4 Å². The molecule has 0 spiro atoms. The van der Waals surface area contributed by atoms with Crippen LogP contribution in [0.4, 0.5) is 0 Å². The molecule has 0 fully saturated rings. The fourth-order valence-corrected chi connectivity index (χ4v) is 3.91. The summed E-state index contributed by atoms with van der Waals surface area (Å²) in [6.07, 6.45) is 1.16. The van der Waals surface area contributed by atoms with Gasteiger partial charge in [0.1, 0.15) is 0 Å². The summed E-state index contributed by atoms with van der Waals surface area (Å²) in [6.45, 7) is 3.27. The van der Waals surface area contributed by atoms with Crippen LogP contribution in [-0.4, -0.2) is 6.04 Å². The fraction of sp³-hybridized carbons (Fsp3) is 0.286. The van der Waals surface area contributed by atoms with E-state index in [9.17, 15) is 0 Å². The van der Waals surface area contributed by atoms with Crippen molar-refractivity contribution in [1.29, 1.82) is 0 Å². The molecule has 1 aliphatic rings. The summed E-state index contributed by atoms with van der Waals surface area (Å²) in [7, 11) is 0. The van der Waals surface area contributed by atoms with E-state index < -0.39 is 0 Å². The first-order chi connectivity index (χ1) is 8.22. The Hall–Kier alpha value is -0.640. The summed E-state index contributed by atoms with van der Waals surface area (Å²) in [5.74, 6) is 0. The largest absolute Gasteiger partial charge is 0.310 e. The van der Waals surface area contributed by atoms with Gasteiger partial charge in [0.15, 0.2) is 0 Å². The Morgan fingerprint density at radius 1 is 1.35 bits per heavy atom. The average molecular weight is 308 g/mol. The lowest BCUT2D eigenvalue weighted by molar-refractivity contribution is 0.520. The Morgan fingerprint density at radius 2 is 2.24 bits per heavy atom. The lowest BCUT2D eigenvalue weighted by Gasteiger charge is -2.19. The average Bonchev–Trinajstić information content (AvgIpc) is 2.72. The first-order valence-corrected chi connectivity index (χ1v) is 7.44. The number of hydrogen-bond acceptors (Lipinski definition) is 2. The van der Waals surface area contributed by atoms with Crippen LogP contribution in [0, 0.1) is 0 Å². The van der Waals surface area contributed by atoms with Crippen LogP contribution in [0.5, 0.6) is 0 Å². The molecule has 0 saturated heterocycles. The first kappa shape index (κ1) is 11.5. The van der Waals surface area contributed by atoms with Gasteiger partial charge in [0.2, 0.25) is 0 Å². The maximum absolute atomic E-state index is 3.53. The molecule has 1 nitrogen and oxygen atoms in total. The molecule has 17 heavy (non-hydrogen) atoms. The maximum Gasteiger partial charge on any atom is 0.0349 e. The van der Waals surface area contributed by atoms with Crippen molar-refractivity contribution in [3.8, 4) is 10.4 Å². The summed E-state index contributed by atoms with van der Waals surface area (Å²) in [4.78, 5) is 2.93. The zero-order valence-electron chi connectivity index (χ0n) is 9.66. The van der Waals surface area contributed by atoms with Gasteiger partial charge in [0.05, 0.1) is 0 Å². The molecule has 0 bridgehead atoms. The third-order valence-corrected chi connectivity index (χ3v) is 4.88. The highest BCUT2D eigenvalue weighted by atomic mass is 79.9. The van der Waals surface area contributed by atoms with Gasteiger partial charge in [-0.1, -0.05) is 28.1 Å². The Kier molecular flexibility index (Phi) is 3.07. The van der Waals surface area contributed by atoms with Gasteiger partial charge in [-0.2, -0.15) is 0 Å². The van der Waals surface area contributed by atoms with E-state index in [0.717, 1.165) is 17.4 Å². The van der Waals surface area contributed by atoms with E-state index in [2.05, 4.69) is 58.5 Å². The molecule has 0 amide bonds. The molecule has 2 aromatic rings.